The molecule has 0 N–H and O–H groups in total. The van der Waals surface area contributed by atoms with Gasteiger partial charge in [-0.1, -0.05) is 0 Å². The predicted octanol–water partition coefficient (Wildman–Crippen LogP) is 3.33. The fraction of sp³-hybridized carbons (Fsp3) is 0.294. The summed E-state index contributed by atoms with van der Waals surface area (Å²) in [5, 5.41) is 0. The largest absolute Gasteiger partial charge is 0.459 e. The van der Waals surface area contributed by atoms with Crippen LogP contribution in [0.1, 0.15) is 20.8 Å². The lowest BCUT2D eigenvalue weighted by molar-refractivity contribution is 0.115. The smallest absolute Gasteiger partial charge is 0.303 e. The molecule has 2 aromatic heterocycles. The Bertz CT molecular complexity index is 880. The van der Waals surface area contributed by atoms with Crippen LogP contribution in [-0.4, -0.2) is 26.9 Å². The van der Waals surface area contributed by atoms with Gasteiger partial charge >= 0.3 is 6.01 Å². The van der Waals surface area contributed by atoms with Gasteiger partial charge in [-0.3, -0.25) is 0 Å². The highest BCUT2D eigenvalue weighted by Gasteiger charge is 2.22. The molecule has 0 aliphatic carbocycles. The fourth-order valence-corrected chi connectivity index (χ4v) is 2.49. The zero-order valence-corrected chi connectivity index (χ0v) is 13.2. The molecule has 0 amide bonds. The maximum atomic E-state index is 6.03. The first-order valence-corrected chi connectivity index (χ1v) is 7.44. The molecule has 6 nitrogen and oxygen atoms in total. The summed E-state index contributed by atoms with van der Waals surface area (Å²) in [6.45, 7) is 6.21. The molecule has 3 aromatic rings. The molecule has 1 aliphatic rings. The summed E-state index contributed by atoms with van der Waals surface area (Å²) >= 11 is 0. The van der Waals surface area contributed by atoms with Gasteiger partial charge in [-0.25, -0.2) is 9.55 Å². The maximum absolute atomic E-state index is 6.03. The van der Waals surface area contributed by atoms with Gasteiger partial charge in [-0.2, -0.15) is 4.98 Å². The van der Waals surface area contributed by atoms with Crippen LogP contribution < -0.4 is 14.2 Å². The molecule has 6 heteroatoms. The van der Waals surface area contributed by atoms with Crippen LogP contribution in [0.5, 0.6) is 17.5 Å². The van der Waals surface area contributed by atoms with E-state index in [9.17, 15) is 0 Å². The average Bonchev–Trinajstić information content (AvgIpc) is 3.07. The molecule has 0 saturated carbocycles. The number of nitrogens with zero attached hydrogens (tertiary/aromatic N) is 3. The summed E-state index contributed by atoms with van der Waals surface area (Å²) in [4.78, 5) is 9.02. The van der Waals surface area contributed by atoms with Gasteiger partial charge in [-0.15, -0.1) is 0 Å². The molecule has 0 fully saturated rings. The highest BCUT2D eigenvalue weighted by molar-refractivity contribution is 5.75. The third-order valence-corrected chi connectivity index (χ3v) is 3.40. The van der Waals surface area contributed by atoms with Crippen molar-refractivity contribution in [2.45, 2.75) is 26.4 Å². The monoisotopic (exact) mass is 311 g/mol. The van der Waals surface area contributed by atoms with Crippen molar-refractivity contribution in [1.82, 2.24) is 14.5 Å². The Labute approximate surface area is 133 Å². The molecule has 4 rings (SSSR count). The minimum atomic E-state index is -0.366. The minimum Gasteiger partial charge on any atom is -0.459 e. The van der Waals surface area contributed by atoms with E-state index in [1.165, 1.54) is 0 Å². The van der Waals surface area contributed by atoms with Crippen molar-refractivity contribution in [2.75, 3.05) is 6.79 Å². The number of hydrogen-bond acceptors (Lipinski definition) is 5. The van der Waals surface area contributed by atoms with E-state index in [0.717, 1.165) is 22.6 Å². The van der Waals surface area contributed by atoms with E-state index in [-0.39, 0.29) is 12.4 Å². The summed E-state index contributed by atoms with van der Waals surface area (Å²) in [6.07, 6.45) is 1.74. The molecule has 1 aliphatic heterocycles. The van der Waals surface area contributed by atoms with Crippen LogP contribution in [0.15, 0.2) is 36.5 Å². The SMILES string of the molecule is CC(C)(C)Oc1nc2cccnc2n1-c1ccc2c(c1)OCO2. The second-order valence-electron chi connectivity index (χ2n) is 6.33. The molecular formula is C17H17N3O3. The van der Waals surface area contributed by atoms with Crippen LogP contribution in [0.2, 0.25) is 0 Å². The quantitative estimate of drug-likeness (QED) is 0.726. The van der Waals surface area contributed by atoms with E-state index in [1.807, 2.05) is 55.7 Å². The molecule has 0 unspecified atom stereocenters. The summed E-state index contributed by atoms with van der Waals surface area (Å²) in [6, 6.07) is 10.0. The fourth-order valence-electron chi connectivity index (χ4n) is 2.49. The van der Waals surface area contributed by atoms with Crippen molar-refractivity contribution in [3.8, 4) is 23.2 Å². The molecule has 118 valence electrons. The van der Waals surface area contributed by atoms with Gasteiger partial charge in [0, 0.05) is 12.3 Å². The molecular weight excluding hydrogens is 294 g/mol. The van der Waals surface area contributed by atoms with E-state index in [1.54, 1.807) is 6.20 Å². The van der Waals surface area contributed by atoms with Crippen LogP contribution in [0, 0.1) is 0 Å². The van der Waals surface area contributed by atoms with Gasteiger partial charge in [-0.05, 0) is 45.0 Å². The number of rotatable bonds is 2. The summed E-state index contributed by atoms with van der Waals surface area (Å²) in [5.41, 5.74) is 2.03. The minimum absolute atomic E-state index is 0.243. The molecule has 0 atom stereocenters. The van der Waals surface area contributed by atoms with Crippen LogP contribution in [0.3, 0.4) is 0 Å². The second kappa shape index (κ2) is 4.87. The van der Waals surface area contributed by atoms with Gasteiger partial charge < -0.3 is 14.2 Å². The topological polar surface area (TPSA) is 58.4 Å². The number of ether oxygens (including phenoxy) is 3. The third kappa shape index (κ3) is 2.46. The second-order valence-corrected chi connectivity index (χ2v) is 6.33. The van der Waals surface area contributed by atoms with Gasteiger partial charge in [0.15, 0.2) is 17.1 Å². The molecule has 23 heavy (non-hydrogen) atoms. The first kappa shape index (κ1) is 13.9. The lowest BCUT2D eigenvalue weighted by atomic mass is 10.2. The van der Waals surface area contributed by atoms with Crippen LogP contribution >= 0.6 is 0 Å². The Hall–Kier alpha value is -2.76. The zero-order valence-electron chi connectivity index (χ0n) is 13.2. The number of benzene rings is 1. The van der Waals surface area contributed by atoms with Gasteiger partial charge in [0.1, 0.15) is 11.1 Å². The van der Waals surface area contributed by atoms with Crippen molar-refractivity contribution < 1.29 is 14.2 Å². The highest BCUT2D eigenvalue weighted by atomic mass is 16.7. The average molecular weight is 311 g/mol. The van der Waals surface area contributed by atoms with Gasteiger partial charge in [0.2, 0.25) is 6.79 Å². The Morgan fingerprint density at radius 1 is 1.13 bits per heavy atom. The lowest BCUT2D eigenvalue weighted by Crippen LogP contribution is -2.24. The Morgan fingerprint density at radius 2 is 1.96 bits per heavy atom. The van der Waals surface area contributed by atoms with Crippen LogP contribution in [-0.2, 0) is 0 Å². The van der Waals surface area contributed by atoms with E-state index in [2.05, 4.69) is 9.97 Å². The maximum Gasteiger partial charge on any atom is 0.303 e. The molecule has 1 aromatic carbocycles. The standard InChI is InChI=1S/C17H17N3O3/c1-17(2,3)23-16-19-12-5-4-8-18-15(12)20(16)11-6-7-13-14(9-11)22-10-21-13/h4-9H,10H2,1-3H3. The number of imidazole rings is 1. The highest BCUT2D eigenvalue weighted by Crippen LogP contribution is 2.36. The number of aromatic nitrogens is 3. The van der Waals surface area contributed by atoms with Crippen molar-refractivity contribution in [2.24, 2.45) is 0 Å². The van der Waals surface area contributed by atoms with Crippen molar-refractivity contribution in [1.29, 1.82) is 0 Å². The number of hydrogen-bond donors (Lipinski definition) is 0. The molecule has 0 radical (unpaired) electrons. The molecule has 0 saturated heterocycles. The molecule has 0 bridgehead atoms. The summed E-state index contributed by atoms with van der Waals surface area (Å²) in [7, 11) is 0. The van der Waals surface area contributed by atoms with E-state index in [0.29, 0.717) is 11.8 Å². The van der Waals surface area contributed by atoms with Crippen molar-refractivity contribution in [3.63, 3.8) is 0 Å². The van der Waals surface area contributed by atoms with Crippen LogP contribution in [0.4, 0.5) is 0 Å². The summed E-state index contributed by atoms with van der Waals surface area (Å²) in [5.74, 6) is 1.45. The first-order chi connectivity index (χ1) is 11.0. The number of pyridine rings is 1. The van der Waals surface area contributed by atoms with Crippen molar-refractivity contribution in [3.05, 3.63) is 36.5 Å². The Morgan fingerprint density at radius 3 is 2.78 bits per heavy atom. The number of fused-ring (bicyclic) bond motifs is 2. The Balaban J connectivity index is 1.92. The Kier molecular flexibility index (Phi) is 2.94. The molecule has 0 spiro atoms. The molecule has 3 heterocycles. The van der Waals surface area contributed by atoms with E-state index >= 15 is 0 Å². The zero-order chi connectivity index (χ0) is 16.0. The first-order valence-electron chi connectivity index (χ1n) is 7.44. The predicted molar refractivity (Wildman–Crippen MR) is 85.4 cm³/mol. The normalized spacial score (nSPS) is 13.5. The lowest BCUT2D eigenvalue weighted by Gasteiger charge is -2.21. The third-order valence-electron chi connectivity index (χ3n) is 3.40. The van der Waals surface area contributed by atoms with Crippen LogP contribution in [0.25, 0.3) is 16.9 Å². The van der Waals surface area contributed by atoms with Crippen molar-refractivity contribution >= 4 is 11.2 Å². The van der Waals surface area contributed by atoms with Gasteiger partial charge in [0.25, 0.3) is 0 Å². The van der Waals surface area contributed by atoms with E-state index < -0.39 is 0 Å². The van der Waals surface area contributed by atoms with Gasteiger partial charge in [0.05, 0.1) is 5.69 Å². The van der Waals surface area contributed by atoms with E-state index in [4.69, 9.17) is 14.2 Å². The summed E-state index contributed by atoms with van der Waals surface area (Å²) < 4.78 is 18.8.